The molecule has 2 aliphatic rings. The van der Waals surface area contributed by atoms with Gasteiger partial charge in [-0.25, -0.2) is 0 Å². The van der Waals surface area contributed by atoms with Gasteiger partial charge in [0.25, 0.3) is 0 Å². The lowest BCUT2D eigenvalue weighted by Gasteiger charge is -2.28. The number of anilines is 3. The molecule has 1 aromatic heterocycles. The largest absolute Gasteiger partial charge is 0.368 e. The summed E-state index contributed by atoms with van der Waals surface area (Å²) >= 11 is 0. The number of piperidine rings is 1. The number of hydrogen-bond acceptors (Lipinski definition) is 6. The Morgan fingerprint density at radius 3 is 2.14 bits per heavy atom. The minimum Gasteiger partial charge on any atom is -0.368 e. The highest BCUT2D eigenvalue weighted by atomic mass is 15.4. The van der Waals surface area contributed by atoms with Gasteiger partial charge >= 0.3 is 0 Å². The lowest BCUT2D eigenvalue weighted by molar-refractivity contribution is 0.520. The molecule has 2 fully saturated rings. The Labute approximate surface area is 126 Å². The van der Waals surface area contributed by atoms with Gasteiger partial charge in [0.15, 0.2) is 0 Å². The van der Waals surface area contributed by atoms with Crippen molar-refractivity contribution in [2.24, 2.45) is 5.92 Å². The Morgan fingerprint density at radius 1 is 0.810 bits per heavy atom. The molecule has 0 aliphatic carbocycles. The zero-order chi connectivity index (χ0) is 14.7. The minimum atomic E-state index is 0.345. The molecule has 1 aromatic rings. The van der Waals surface area contributed by atoms with Crippen molar-refractivity contribution in [3.8, 4) is 0 Å². The molecular weight excluding hydrogens is 264 g/mol. The van der Waals surface area contributed by atoms with Gasteiger partial charge in [-0.15, -0.1) is 0 Å². The van der Waals surface area contributed by atoms with E-state index in [1.807, 2.05) is 0 Å². The zero-order valence-electron chi connectivity index (χ0n) is 13.0. The second-order valence-electron chi connectivity index (χ2n) is 6.36. The molecular formula is C15H26N6. The van der Waals surface area contributed by atoms with Crippen molar-refractivity contribution in [1.29, 1.82) is 0 Å². The molecule has 6 heteroatoms. The summed E-state index contributed by atoms with van der Waals surface area (Å²) < 4.78 is 0. The number of aromatic nitrogens is 3. The molecule has 2 aliphatic heterocycles. The fourth-order valence-electron chi connectivity index (χ4n) is 3.21. The molecule has 3 heterocycles. The third-order valence-corrected chi connectivity index (χ3v) is 4.57. The van der Waals surface area contributed by atoms with Crippen LogP contribution in [0.15, 0.2) is 0 Å². The lowest BCUT2D eigenvalue weighted by atomic mass is 10.0. The number of nitrogens with two attached hydrogens (primary N) is 1. The maximum Gasteiger partial charge on any atom is 0.231 e. The average Bonchev–Trinajstić information content (AvgIpc) is 2.72. The van der Waals surface area contributed by atoms with Gasteiger partial charge in [-0.2, -0.15) is 15.0 Å². The Balaban J connectivity index is 1.79. The monoisotopic (exact) mass is 290 g/mol. The molecule has 0 bridgehead atoms. The molecule has 1 atom stereocenters. The maximum absolute atomic E-state index is 5.92. The van der Waals surface area contributed by atoms with E-state index in [1.54, 1.807) is 0 Å². The van der Waals surface area contributed by atoms with Gasteiger partial charge in [-0.3, -0.25) is 0 Å². The summed E-state index contributed by atoms with van der Waals surface area (Å²) in [5.41, 5.74) is 5.92. The number of nitrogen functional groups attached to an aromatic ring is 1. The molecule has 116 valence electrons. The van der Waals surface area contributed by atoms with Crippen LogP contribution in [-0.4, -0.2) is 41.1 Å². The van der Waals surface area contributed by atoms with Gasteiger partial charge in [0.05, 0.1) is 0 Å². The molecule has 3 rings (SSSR count). The summed E-state index contributed by atoms with van der Waals surface area (Å²) in [6.45, 7) is 6.42. The van der Waals surface area contributed by atoms with E-state index in [1.165, 1.54) is 38.5 Å². The van der Waals surface area contributed by atoms with Crippen LogP contribution >= 0.6 is 0 Å². The Morgan fingerprint density at radius 2 is 1.43 bits per heavy atom. The van der Waals surface area contributed by atoms with Crippen LogP contribution in [0.1, 0.15) is 45.4 Å². The predicted octanol–water partition coefficient (Wildman–Crippen LogP) is 2.07. The minimum absolute atomic E-state index is 0.345. The SMILES string of the molecule is CC1CCCN(c2nc(N)nc(N3CCCCC3)n2)CC1. The van der Waals surface area contributed by atoms with Crippen LogP contribution in [0, 0.1) is 5.92 Å². The van der Waals surface area contributed by atoms with Crippen molar-refractivity contribution in [3.63, 3.8) is 0 Å². The van der Waals surface area contributed by atoms with Crippen LogP contribution in [0.2, 0.25) is 0 Å². The fourth-order valence-corrected chi connectivity index (χ4v) is 3.21. The highest BCUT2D eigenvalue weighted by Gasteiger charge is 2.20. The number of hydrogen-bond donors (Lipinski definition) is 1. The molecule has 21 heavy (non-hydrogen) atoms. The van der Waals surface area contributed by atoms with Crippen LogP contribution < -0.4 is 15.5 Å². The van der Waals surface area contributed by atoms with E-state index < -0.39 is 0 Å². The summed E-state index contributed by atoms with van der Waals surface area (Å²) in [4.78, 5) is 17.9. The maximum atomic E-state index is 5.92. The van der Waals surface area contributed by atoms with Gasteiger partial charge in [-0.05, 0) is 44.4 Å². The van der Waals surface area contributed by atoms with Gasteiger partial charge < -0.3 is 15.5 Å². The highest BCUT2D eigenvalue weighted by molar-refractivity contribution is 5.43. The van der Waals surface area contributed by atoms with E-state index in [-0.39, 0.29) is 0 Å². The smallest absolute Gasteiger partial charge is 0.231 e. The van der Waals surface area contributed by atoms with Gasteiger partial charge in [0.2, 0.25) is 17.8 Å². The topological polar surface area (TPSA) is 71.2 Å². The molecule has 0 aromatic carbocycles. The molecule has 1 unspecified atom stereocenters. The normalized spacial score (nSPS) is 24.0. The van der Waals surface area contributed by atoms with Gasteiger partial charge in [-0.1, -0.05) is 6.92 Å². The number of rotatable bonds is 2. The van der Waals surface area contributed by atoms with Crippen molar-refractivity contribution in [2.75, 3.05) is 41.7 Å². The molecule has 0 saturated carbocycles. The van der Waals surface area contributed by atoms with E-state index in [9.17, 15) is 0 Å². The summed E-state index contributed by atoms with van der Waals surface area (Å²) in [6.07, 6.45) is 7.41. The van der Waals surface area contributed by atoms with Crippen LogP contribution in [0.25, 0.3) is 0 Å². The van der Waals surface area contributed by atoms with Crippen LogP contribution in [0.4, 0.5) is 17.8 Å². The highest BCUT2D eigenvalue weighted by Crippen LogP contribution is 2.23. The molecule has 6 nitrogen and oxygen atoms in total. The van der Waals surface area contributed by atoms with Crippen molar-refractivity contribution in [1.82, 2.24) is 15.0 Å². The first-order chi connectivity index (χ1) is 10.2. The fraction of sp³-hybridized carbons (Fsp3) is 0.800. The van der Waals surface area contributed by atoms with E-state index >= 15 is 0 Å². The average molecular weight is 290 g/mol. The van der Waals surface area contributed by atoms with Crippen LogP contribution in [0.3, 0.4) is 0 Å². The molecule has 2 N–H and O–H groups in total. The Hall–Kier alpha value is -1.59. The third-order valence-electron chi connectivity index (χ3n) is 4.57. The van der Waals surface area contributed by atoms with E-state index in [4.69, 9.17) is 10.7 Å². The quantitative estimate of drug-likeness (QED) is 0.899. The molecule has 2 saturated heterocycles. The van der Waals surface area contributed by atoms with Gasteiger partial charge in [0, 0.05) is 26.2 Å². The van der Waals surface area contributed by atoms with Gasteiger partial charge in [0.1, 0.15) is 0 Å². The second-order valence-corrected chi connectivity index (χ2v) is 6.36. The van der Waals surface area contributed by atoms with Crippen LogP contribution in [-0.2, 0) is 0 Å². The van der Waals surface area contributed by atoms with E-state index in [0.717, 1.165) is 44.0 Å². The first-order valence-electron chi connectivity index (χ1n) is 8.24. The summed E-state index contributed by atoms with van der Waals surface area (Å²) in [5, 5.41) is 0. The van der Waals surface area contributed by atoms with Crippen molar-refractivity contribution in [2.45, 2.75) is 45.4 Å². The zero-order valence-corrected chi connectivity index (χ0v) is 13.0. The molecule has 0 spiro atoms. The third kappa shape index (κ3) is 3.54. The second kappa shape index (κ2) is 6.45. The first-order valence-corrected chi connectivity index (χ1v) is 8.24. The number of nitrogens with zero attached hydrogens (tertiary/aromatic N) is 5. The van der Waals surface area contributed by atoms with Crippen LogP contribution in [0.5, 0.6) is 0 Å². The van der Waals surface area contributed by atoms with E-state index in [0.29, 0.717) is 5.95 Å². The summed E-state index contributed by atoms with van der Waals surface area (Å²) in [7, 11) is 0. The Kier molecular flexibility index (Phi) is 4.41. The summed E-state index contributed by atoms with van der Waals surface area (Å²) in [5.74, 6) is 2.65. The van der Waals surface area contributed by atoms with Crippen molar-refractivity contribution in [3.05, 3.63) is 0 Å². The molecule has 0 radical (unpaired) electrons. The van der Waals surface area contributed by atoms with Crippen molar-refractivity contribution >= 4 is 17.8 Å². The summed E-state index contributed by atoms with van der Waals surface area (Å²) in [6, 6.07) is 0. The van der Waals surface area contributed by atoms with Crippen molar-refractivity contribution < 1.29 is 0 Å². The standard InChI is InChI=1S/C15H26N6/c1-12-6-5-10-21(11-7-12)15-18-13(16)17-14(19-15)20-8-3-2-4-9-20/h12H,2-11H2,1H3,(H2,16,17,18,19). The Bertz CT molecular complexity index is 471. The molecule has 0 amide bonds. The van der Waals surface area contributed by atoms with E-state index in [2.05, 4.69) is 26.7 Å². The lowest BCUT2D eigenvalue weighted by Crippen LogP contribution is -2.33. The predicted molar refractivity (Wildman–Crippen MR) is 85.5 cm³/mol. The first kappa shape index (κ1) is 14.4.